The van der Waals surface area contributed by atoms with Crippen LogP contribution in [0, 0.1) is 17.8 Å². The average Bonchev–Trinajstić information content (AvgIpc) is 3.37. The summed E-state index contributed by atoms with van der Waals surface area (Å²) in [7, 11) is -1.97. The Morgan fingerprint density at radius 2 is 1.83 bits per heavy atom. The number of sulfonamides is 1. The molecule has 0 unspecified atom stereocenters. The maximum absolute atomic E-state index is 13.1. The van der Waals surface area contributed by atoms with Crippen LogP contribution in [-0.2, 0) is 14.8 Å². The highest BCUT2D eigenvalue weighted by atomic mass is 32.2. The summed E-state index contributed by atoms with van der Waals surface area (Å²) < 4.78 is 32.8. The monoisotopic (exact) mass is 419 g/mol. The number of hydrogen-bond donors (Lipinski definition) is 1. The Hall–Kier alpha value is -1.64. The molecular weight excluding hydrogens is 390 g/mol. The van der Waals surface area contributed by atoms with Crippen LogP contribution >= 0.6 is 0 Å². The number of carbonyl (C=O) groups is 1. The van der Waals surface area contributed by atoms with Crippen LogP contribution in [0.5, 0.6) is 5.75 Å². The van der Waals surface area contributed by atoms with Gasteiger partial charge in [-0.15, -0.1) is 0 Å². The summed E-state index contributed by atoms with van der Waals surface area (Å²) in [6.45, 7) is 3.84. The van der Waals surface area contributed by atoms with Gasteiger partial charge in [-0.25, -0.2) is 8.42 Å². The standard InChI is InChI=1S/C21H29N3O4S/c1-28-16-4-6-17(7-5-16)29(26,27)24-10-8-21(9-11-24)19-14-23(12-15-2-3-15)13-18(19)20(25)22-21/h4-7,15,18-19H,2-3,8-14H2,1H3,(H,22,25)/t18-,19+/m1/s1. The van der Waals surface area contributed by atoms with E-state index in [1.165, 1.54) is 12.8 Å². The normalized spacial score (nSPS) is 29.8. The third-order valence-corrected chi connectivity index (χ3v) is 9.25. The van der Waals surface area contributed by atoms with Crippen molar-refractivity contribution in [2.75, 3.05) is 39.8 Å². The molecule has 7 nitrogen and oxygen atoms in total. The summed E-state index contributed by atoms with van der Waals surface area (Å²) in [5.74, 6) is 2.00. The van der Waals surface area contributed by atoms with Crippen LogP contribution in [0.15, 0.2) is 29.2 Å². The van der Waals surface area contributed by atoms with Crippen LogP contribution in [0.2, 0.25) is 0 Å². The maximum atomic E-state index is 13.1. The predicted molar refractivity (Wildman–Crippen MR) is 108 cm³/mol. The van der Waals surface area contributed by atoms with Crippen LogP contribution < -0.4 is 10.1 Å². The van der Waals surface area contributed by atoms with E-state index in [1.807, 2.05) is 0 Å². The van der Waals surface area contributed by atoms with Crippen molar-refractivity contribution in [2.45, 2.75) is 36.1 Å². The molecule has 4 aliphatic rings. The van der Waals surface area contributed by atoms with Gasteiger partial charge in [0, 0.05) is 44.2 Å². The number of carbonyl (C=O) groups excluding carboxylic acids is 1. The summed E-state index contributed by atoms with van der Waals surface area (Å²) in [6, 6.07) is 6.54. The van der Waals surface area contributed by atoms with Gasteiger partial charge in [-0.1, -0.05) is 0 Å². The first kappa shape index (κ1) is 19.3. The molecule has 1 spiro atoms. The minimum atomic E-state index is -3.53. The molecule has 1 N–H and O–H groups in total. The van der Waals surface area contributed by atoms with Crippen LogP contribution in [0.3, 0.4) is 0 Å². The molecule has 2 atom stereocenters. The van der Waals surface area contributed by atoms with Gasteiger partial charge in [0.15, 0.2) is 0 Å². The van der Waals surface area contributed by atoms with Crippen molar-refractivity contribution in [3.8, 4) is 5.75 Å². The number of nitrogens with one attached hydrogen (secondary N) is 1. The molecule has 0 aromatic heterocycles. The predicted octanol–water partition coefficient (Wildman–Crippen LogP) is 1.31. The highest BCUT2D eigenvalue weighted by molar-refractivity contribution is 7.89. The van der Waals surface area contributed by atoms with E-state index >= 15 is 0 Å². The van der Waals surface area contributed by atoms with E-state index in [-0.39, 0.29) is 17.4 Å². The summed E-state index contributed by atoms with van der Waals surface area (Å²) in [4.78, 5) is 15.4. The lowest BCUT2D eigenvalue weighted by atomic mass is 9.76. The van der Waals surface area contributed by atoms with E-state index in [2.05, 4.69) is 10.2 Å². The lowest BCUT2D eigenvalue weighted by Crippen LogP contribution is -2.56. The Morgan fingerprint density at radius 1 is 1.14 bits per heavy atom. The molecule has 3 saturated heterocycles. The van der Waals surface area contributed by atoms with Crippen LogP contribution in [0.25, 0.3) is 0 Å². The molecule has 8 heteroatoms. The van der Waals surface area contributed by atoms with E-state index in [0.29, 0.717) is 42.5 Å². The molecule has 1 saturated carbocycles. The molecule has 29 heavy (non-hydrogen) atoms. The van der Waals surface area contributed by atoms with Gasteiger partial charge < -0.3 is 15.0 Å². The van der Waals surface area contributed by atoms with Crippen LogP contribution in [0.4, 0.5) is 0 Å². The molecule has 3 heterocycles. The van der Waals surface area contributed by atoms with Crippen molar-refractivity contribution in [1.82, 2.24) is 14.5 Å². The second-order valence-corrected chi connectivity index (χ2v) is 11.0. The molecule has 1 aromatic carbocycles. The summed E-state index contributed by atoms with van der Waals surface area (Å²) >= 11 is 0. The Kier molecular flexibility index (Phi) is 4.64. The highest BCUT2D eigenvalue weighted by Gasteiger charge is 2.57. The van der Waals surface area contributed by atoms with Crippen LogP contribution in [0.1, 0.15) is 25.7 Å². The molecule has 1 aromatic rings. The lowest BCUT2D eigenvalue weighted by molar-refractivity contribution is -0.123. The number of nitrogens with zero attached hydrogens (tertiary/aromatic N) is 2. The smallest absolute Gasteiger partial charge is 0.243 e. The number of ether oxygens (including phenoxy) is 1. The number of likely N-dealkylation sites (tertiary alicyclic amines) is 1. The van der Waals surface area contributed by atoms with E-state index < -0.39 is 10.0 Å². The minimum absolute atomic E-state index is 0.0681. The number of benzene rings is 1. The Balaban J connectivity index is 1.28. The van der Waals surface area contributed by atoms with Gasteiger partial charge in [0.25, 0.3) is 0 Å². The first-order chi connectivity index (χ1) is 13.9. The van der Waals surface area contributed by atoms with Crippen molar-refractivity contribution < 1.29 is 17.9 Å². The minimum Gasteiger partial charge on any atom is -0.497 e. The van der Waals surface area contributed by atoms with Gasteiger partial charge in [-0.05, 0) is 55.9 Å². The largest absolute Gasteiger partial charge is 0.497 e. The van der Waals surface area contributed by atoms with Crippen LogP contribution in [-0.4, -0.2) is 68.9 Å². The molecule has 3 aliphatic heterocycles. The van der Waals surface area contributed by atoms with Crippen molar-refractivity contribution in [1.29, 1.82) is 0 Å². The fraction of sp³-hybridized carbons (Fsp3) is 0.667. The number of piperidine rings is 1. The SMILES string of the molecule is COc1ccc(S(=O)(=O)N2CCC3(CC2)NC(=O)[C@@H]2CN(CC4CC4)C[C@@H]23)cc1. The molecule has 1 amide bonds. The van der Waals surface area contributed by atoms with E-state index in [0.717, 1.165) is 25.6 Å². The summed E-state index contributed by atoms with van der Waals surface area (Å²) in [6.07, 6.45) is 4.02. The number of amides is 1. The van der Waals surface area contributed by atoms with Gasteiger partial charge in [0.2, 0.25) is 15.9 Å². The van der Waals surface area contributed by atoms with Gasteiger partial charge in [-0.3, -0.25) is 4.79 Å². The summed E-state index contributed by atoms with van der Waals surface area (Å²) in [5, 5.41) is 3.28. The highest BCUT2D eigenvalue weighted by Crippen LogP contribution is 2.45. The zero-order valence-corrected chi connectivity index (χ0v) is 17.7. The fourth-order valence-electron chi connectivity index (χ4n) is 5.47. The van der Waals surface area contributed by atoms with Gasteiger partial charge >= 0.3 is 0 Å². The quantitative estimate of drug-likeness (QED) is 0.779. The second kappa shape index (κ2) is 6.96. The first-order valence-corrected chi connectivity index (χ1v) is 12.0. The number of fused-ring (bicyclic) bond motifs is 2. The zero-order chi connectivity index (χ0) is 20.2. The van der Waals surface area contributed by atoms with E-state index in [4.69, 9.17) is 4.74 Å². The summed E-state index contributed by atoms with van der Waals surface area (Å²) in [5.41, 5.74) is -0.244. The van der Waals surface area contributed by atoms with E-state index in [1.54, 1.807) is 35.7 Å². The van der Waals surface area contributed by atoms with Crippen molar-refractivity contribution in [3.05, 3.63) is 24.3 Å². The van der Waals surface area contributed by atoms with Gasteiger partial charge in [0.05, 0.1) is 17.9 Å². The molecule has 158 valence electrons. The molecule has 1 aliphatic carbocycles. The Morgan fingerprint density at radius 3 is 2.45 bits per heavy atom. The Labute approximate surface area is 172 Å². The lowest BCUT2D eigenvalue weighted by Gasteiger charge is -2.42. The van der Waals surface area contributed by atoms with Crippen molar-refractivity contribution >= 4 is 15.9 Å². The molecule has 0 radical (unpaired) electrons. The molecule has 0 bridgehead atoms. The average molecular weight is 420 g/mol. The second-order valence-electron chi connectivity index (χ2n) is 9.10. The van der Waals surface area contributed by atoms with Crippen molar-refractivity contribution in [3.63, 3.8) is 0 Å². The zero-order valence-electron chi connectivity index (χ0n) is 16.8. The maximum Gasteiger partial charge on any atom is 0.243 e. The topological polar surface area (TPSA) is 79.0 Å². The third-order valence-electron chi connectivity index (χ3n) is 7.34. The van der Waals surface area contributed by atoms with Crippen molar-refractivity contribution in [2.24, 2.45) is 17.8 Å². The number of methoxy groups -OCH3 is 1. The third kappa shape index (κ3) is 3.35. The van der Waals surface area contributed by atoms with Gasteiger partial charge in [0.1, 0.15) is 5.75 Å². The number of hydrogen-bond acceptors (Lipinski definition) is 5. The number of rotatable bonds is 5. The van der Waals surface area contributed by atoms with E-state index in [9.17, 15) is 13.2 Å². The molecule has 5 rings (SSSR count). The van der Waals surface area contributed by atoms with Gasteiger partial charge in [-0.2, -0.15) is 4.31 Å². The molecular formula is C21H29N3O4S. The fourth-order valence-corrected chi connectivity index (χ4v) is 6.92. The first-order valence-electron chi connectivity index (χ1n) is 10.6. The molecule has 4 fully saturated rings. The Bertz CT molecular complexity index is 889.